The zero-order valence-electron chi connectivity index (χ0n) is 12.0. The van der Waals surface area contributed by atoms with Gasteiger partial charge in [0.1, 0.15) is 12.4 Å². The summed E-state index contributed by atoms with van der Waals surface area (Å²) in [6, 6.07) is 4.95. The van der Waals surface area contributed by atoms with E-state index in [1.54, 1.807) is 18.2 Å². The van der Waals surface area contributed by atoms with E-state index in [1.165, 1.54) is 0 Å². The standard InChI is InChI=1S/C14H19ClF3NO2/c1-3-6-19-10(2)12-7-11(15)4-5-13(12)21-9-20-8-14(16,17)18/h4-5,7,10,19H,3,6,8-9H2,1-2H3. The van der Waals surface area contributed by atoms with E-state index in [2.05, 4.69) is 10.1 Å². The van der Waals surface area contributed by atoms with E-state index in [1.807, 2.05) is 13.8 Å². The molecule has 21 heavy (non-hydrogen) atoms. The summed E-state index contributed by atoms with van der Waals surface area (Å²) < 4.78 is 45.6. The first-order chi connectivity index (χ1) is 9.83. The Balaban J connectivity index is 2.64. The molecule has 1 aromatic rings. The summed E-state index contributed by atoms with van der Waals surface area (Å²) in [5.74, 6) is 0.456. The predicted molar refractivity (Wildman–Crippen MR) is 75.7 cm³/mol. The van der Waals surface area contributed by atoms with Crippen molar-refractivity contribution in [3.63, 3.8) is 0 Å². The molecule has 0 radical (unpaired) electrons. The van der Waals surface area contributed by atoms with E-state index in [0.29, 0.717) is 10.8 Å². The fourth-order valence-corrected chi connectivity index (χ4v) is 1.90. The second-order valence-electron chi connectivity index (χ2n) is 4.58. The topological polar surface area (TPSA) is 30.5 Å². The third-order valence-electron chi connectivity index (χ3n) is 2.70. The number of nitrogens with one attached hydrogen (secondary N) is 1. The number of benzene rings is 1. The molecular weight excluding hydrogens is 307 g/mol. The highest BCUT2D eigenvalue weighted by molar-refractivity contribution is 6.30. The summed E-state index contributed by atoms with van der Waals surface area (Å²) in [4.78, 5) is 0. The quantitative estimate of drug-likeness (QED) is 0.570. The van der Waals surface area contributed by atoms with Crippen LogP contribution in [0.15, 0.2) is 18.2 Å². The highest BCUT2D eigenvalue weighted by atomic mass is 35.5. The first-order valence-electron chi connectivity index (χ1n) is 6.63. The SMILES string of the molecule is CCCNC(C)c1cc(Cl)ccc1OCOCC(F)(F)F. The maximum absolute atomic E-state index is 12.0. The monoisotopic (exact) mass is 325 g/mol. The number of halogens is 4. The van der Waals surface area contributed by atoms with Crippen molar-refractivity contribution in [3.8, 4) is 5.75 Å². The minimum absolute atomic E-state index is 0.0266. The van der Waals surface area contributed by atoms with Gasteiger partial charge in [-0.2, -0.15) is 13.2 Å². The second kappa shape index (κ2) is 8.46. The molecule has 1 atom stereocenters. The van der Waals surface area contributed by atoms with Crippen molar-refractivity contribution in [1.29, 1.82) is 0 Å². The molecule has 0 amide bonds. The average Bonchev–Trinajstić information content (AvgIpc) is 2.41. The Hall–Kier alpha value is -0.980. The van der Waals surface area contributed by atoms with Crippen molar-refractivity contribution >= 4 is 11.6 Å². The van der Waals surface area contributed by atoms with E-state index < -0.39 is 19.6 Å². The van der Waals surface area contributed by atoms with E-state index in [-0.39, 0.29) is 6.04 Å². The minimum Gasteiger partial charge on any atom is -0.467 e. The van der Waals surface area contributed by atoms with Gasteiger partial charge in [-0.25, -0.2) is 0 Å². The lowest BCUT2D eigenvalue weighted by Gasteiger charge is -2.18. The Labute approximate surface area is 127 Å². The normalized spacial score (nSPS) is 13.2. The lowest BCUT2D eigenvalue weighted by molar-refractivity contribution is -0.186. The van der Waals surface area contributed by atoms with Crippen LogP contribution in [-0.2, 0) is 4.74 Å². The fourth-order valence-electron chi connectivity index (χ4n) is 1.72. The first-order valence-corrected chi connectivity index (χ1v) is 7.01. The molecule has 0 fully saturated rings. The maximum atomic E-state index is 12.0. The first kappa shape index (κ1) is 18.1. The van der Waals surface area contributed by atoms with Gasteiger partial charge in [0.05, 0.1) is 0 Å². The van der Waals surface area contributed by atoms with Gasteiger partial charge in [-0.05, 0) is 38.1 Å². The third kappa shape index (κ3) is 7.02. The summed E-state index contributed by atoms with van der Waals surface area (Å²) in [5, 5.41) is 3.81. The Bertz CT molecular complexity index is 441. The summed E-state index contributed by atoms with van der Waals surface area (Å²) in [5.41, 5.74) is 0.784. The van der Waals surface area contributed by atoms with E-state index in [0.717, 1.165) is 18.5 Å². The van der Waals surface area contributed by atoms with Gasteiger partial charge in [-0.1, -0.05) is 18.5 Å². The van der Waals surface area contributed by atoms with Crippen LogP contribution in [0.4, 0.5) is 13.2 Å². The molecule has 1 aromatic carbocycles. The van der Waals surface area contributed by atoms with Crippen LogP contribution in [0, 0.1) is 0 Å². The Morgan fingerprint density at radius 3 is 2.67 bits per heavy atom. The number of hydrogen-bond donors (Lipinski definition) is 1. The lowest BCUT2D eigenvalue weighted by Crippen LogP contribution is -2.21. The summed E-state index contributed by atoms with van der Waals surface area (Å²) in [6.45, 7) is 3.00. The minimum atomic E-state index is -4.36. The smallest absolute Gasteiger partial charge is 0.411 e. The van der Waals surface area contributed by atoms with Crippen LogP contribution in [0.2, 0.25) is 5.02 Å². The van der Waals surface area contributed by atoms with Gasteiger partial charge in [0, 0.05) is 16.6 Å². The van der Waals surface area contributed by atoms with Gasteiger partial charge in [0.2, 0.25) is 0 Å². The molecule has 1 unspecified atom stereocenters. The number of ether oxygens (including phenoxy) is 2. The molecular formula is C14H19ClF3NO2. The van der Waals surface area contributed by atoms with Crippen molar-refractivity contribution in [2.45, 2.75) is 32.5 Å². The number of rotatable bonds is 8. The number of hydrogen-bond acceptors (Lipinski definition) is 3. The Morgan fingerprint density at radius 2 is 2.05 bits per heavy atom. The van der Waals surface area contributed by atoms with Crippen LogP contribution in [0.25, 0.3) is 0 Å². The zero-order chi connectivity index (χ0) is 15.9. The molecule has 0 heterocycles. The van der Waals surface area contributed by atoms with Gasteiger partial charge in [-0.3, -0.25) is 0 Å². The third-order valence-corrected chi connectivity index (χ3v) is 2.94. The van der Waals surface area contributed by atoms with E-state index in [4.69, 9.17) is 16.3 Å². The van der Waals surface area contributed by atoms with Gasteiger partial charge in [-0.15, -0.1) is 0 Å². The van der Waals surface area contributed by atoms with Gasteiger partial charge < -0.3 is 14.8 Å². The molecule has 7 heteroatoms. The zero-order valence-corrected chi connectivity index (χ0v) is 12.7. The molecule has 0 saturated heterocycles. The molecule has 0 saturated carbocycles. The summed E-state index contributed by atoms with van der Waals surface area (Å²) in [6.07, 6.45) is -3.39. The lowest BCUT2D eigenvalue weighted by atomic mass is 10.1. The van der Waals surface area contributed by atoms with Crippen molar-refractivity contribution in [3.05, 3.63) is 28.8 Å². The molecule has 0 aliphatic rings. The van der Waals surface area contributed by atoms with Crippen LogP contribution < -0.4 is 10.1 Å². The Morgan fingerprint density at radius 1 is 1.33 bits per heavy atom. The highest BCUT2D eigenvalue weighted by Crippen LogP contribution is 2.28. The second-order valence-corrected chi connectivity index (χ2v) is 5.02. The van der Waals surface area contributed by atoms with Gasteiger partial charge >= 0.3 is 6.18 Å². The molecule has 1 N–H and O–H groups in total. The van der Waals surface area contributed by atoms with Crippen molar-refractivity contribution in [2.75, 3.05) is 19.9 Å². The van der Waals surface area contributed by atoms with Crippen LogP contribution in [-0.4, -0.2) is 26.1 Å². The molecule has 1 rings (SSSR count). The van der Waals surface area contributed by atoms with Crippen LogP contribution in [0.3, 0.4) is 0 Å². The van der Waals surface area contributed by atoms with Crippen LogP contribution in [0.1, 0.15) is 31.9 Å². The highest BCUT2D eigenvalue weighted by Gasteiger charge is 2.27. The maximum Gasteiger partial charge on any atom is 0.411 e. The fraction of sp³-hybridized carbons (Fsp3) is 0.571. The van der Waals surface area contributed by atoms with Crippen molar-refractivity contribution in [2.24, 2.45) is 0 Å². The molecule has 120 valence electrons. The van der Waals surface area contributed by atoms with Crippen LogP contribution in [0.5, 0.6) is 5.75 Å². The molecule has 3 nitrogen and oxygen atoms in total. The van der Waals surface area contributed by atoms with Crippen molar-refractivity contribution < 1.29 is 22.6 Å². The van der Waals surface area contributed by atoms with E-state index >= 15 is 0 Å². The van der Waals surface area contributed by atoms with E-state index in [9.17, 15) is 13.2 Å². The molecule has 0 bridgehead atoms. The number of alkyl halides is 3. The molecule has 0 aromatic heterocycles. The largest absolute Gasteiger partial charge is 0.467 e. The summed E-state index contributed by atoms with van der Waals surface area (Å²) >= 11 is 5.95. The van der Waals surface area contributed by atoms with Crippen molar-refractivity contribution in [1.82, 2.24) is 5.32 Å². The predicted octanol–water partition coefficient (Wildman–Crippen LogP) is 4.32. The summed E-state index contributed by atoms with van der Waals surface area (Å²) in [7, 11) is 0. The average molecular weight is 326 g/mol. The van der Waals surface area contributed by atoms with Crippen LogP contribution >= 0.6 is 11.6 Å². The van der Waals surface area contributed by atoms with Gasteiger partial charge in [0.25, 0.3) is 0 Å². The Kier molecular flexibility index (Phi) is 7.28. The molecule has 0 aliphatic carbocycles. The molecule has 0 aliphatic heterocycles. The van der Waals surface area contributed by atoms with Gasteiger partial charge in [0.15, 0.2) is 6.79 Å². The molecule has 0 spiro atoms.